The van der Waals surface area contributed by atoms with Crippen LogP contribution in [0.2, 0.25) is 0 Å². The Bertz CT molecular complexity index is 1010. The normalized spacial score (nSPS) is 12.3. The molecule has 3 nitrogen and oxygen atoms in total. The summed E-state index contributed by atoms with van der Waals surface area (Å²) in [6, 6.07) is 17.7. The molecule has 2 heterocycles. The first-order valence-electron chi connectivity index (χ1n) is 8.29. The van der Waals surface area contributed by atoms with E-state index in [0.29, 0.717) is 24.3 Å². The van der Waals surface area contributed by atoms with E-state index in [1.54, 1.807) is 23.2 Å². The predicted octanol–water partition coefficient (Wildman–Crippen LogP) is 3.78. The summed E-state index contributed by atoms with van der Waals surface area (Å²) in [5, 5.41) is 0. The molecule has 0 N–H and O–H groups in total. The third-order valence-electron chi connectivity index (χ3n) is 4.33. The molecule has 0 atom stereocenters. The maximum Gasteiger partial charge on any atom is 0.254 e. The minimum atomic E-state index is -0.449. The lowest BCUT2D eigenvalue weighted by atomic mass is 10.1. The number of hydrogen-bond donors (Lipinski definition) is 0. The van der Waals surface area contributed by atoms with E-state index in [1.165, 1.54) is 18.2 Å². The average molecular weight is 342 g/mol. The summed E-state index contributed by atoms with van der Waals surface area (Å²) in [5.74, 6) is 5.03. The lowest BCUT2D eigenvalue weighted by Gasteiger charge is -2.15. The maximum absolute atomic E-state index is 14.1. The van der Waals surface area contributed by atoms with Crippen LogP contribution in [0.3, 0.4) is 0 Å². The number of halogens is 1. The third kappa shape index (κ3) is 3.20. The van der Waals surface area contributed by atoms with Crippen LogP contribution >= 0.6 is 0 Å². The summed E-state index contributed by atoms with van der Waals surface area (Å²) < 4.78 is 14.1. The predicted molar refractivity (Wildman–Crippen MR) is 96.6 cm³/mol. The Hall–Kier alpha value is -3.45. The van der Waals surface area contributed by atoms with Gasteiger partial charge in [-0.15, -0.1) is 0 Å². The van der Waals surface area contributed by atoms with Crippen LogP contribution in [0.15, 0.2) is 66.9 Å². The lowest BCUT2D eigenvalue weighted by molar-refractivity contribution is 0.0751. The minimum absolute atomic E-state index is 0.123. The molecule has 0 unspecified atom stereocenters. The zero-order chi connectivity index (χ0) is 17.9. The van der Waals surface area contributed by atoms with Gasteiger partial charge in [0, 0.05) is 24.8 Å². The van der Waals surface area contributed by atoms with Gasteiger partial charge in [-0.05, 0) is 47.4 Å². The second kappa shape index (κ2) is 6.81. The zero-order valence-electron chi connectivity index (χ0n) is 13.9. The van der Waals surface area contributed by atoms with Gasteiger partial charge >= 0.3 is 0 Å². The monoisotopic (exact) mass is 342 g/mol. The second-order valence-corrected chi connectivity index (χ2v) is 6.09. The zero-order valence-corrected chi connectivity index (χ0v) is 13.9. The molecular formula is C22H15FN2O. The number of fused-ring (bicyclic) bond motifs is 1. The molecule has 4 rings (SSSR count). The average Bonchev–Trinajstić information content (AvgIpc) is 3.12. The first-order chi connectivity index (χ1) is 12.7. The molecule has 1 aromatic heterocycles. The highest BCUT2D eigenvalue weighted by molar-refractivity contribution is 5.95. The number of pyridine rings is 1. The Labute approximate surface area is 151 Å². The van der Waals surface area contributed by atoms with Crippen LogP contribution in [-0.4, -0.2) is 15.8 Å². The van der Waals surface area contributed by atoms with Crippen molar-refractivity contribution in [1.82, 2.24) is 9.88 Å². The van der Waals surface area contributed by atoms with E-state index in [0.717, 1.165) is 11.1 Å². The van der Waals surface area contributed by atoms with E-state index in [4.69, 9.17) is 0 Å². The molecule has 0 saturated heterocycles. The van der Waals surface area contributed by atoms with E-state index in [1.807, 2.05) is 30.3 Å². The molecular weight excluding hydrogens is 327 g/mol. The van der Waals surface area contributed by atoms with Crippen molar-refractivity contribution in [2.24, 2.45) is 0 Å². The van der Waals surface area contributed by atoms with Crippen molar-refractivity contribution >= 4 is 5.91 Å². The van der Waals surface area contributed by atoms with Crippen molar-refractivity contribution in [3.05, 3.63) is 101 Å². The number of carbonyl (C=O) groups is 1. The van der Waals surface area contributed by atoms with Crippen molar-refractivity contribution in [2.45, 2.75) is 13.1 Å². The molecule has 1 amide bonds. The Kier molecular flexibility index (Phi) is 4.20. The number of benzene rings is 2. The van der Waals surface area contributed by atoms with E-state index in [-0.39, 0.29) is 11.5 Å². The van der Waals surface area contributed by atoms with Gasteiger partial charge in [0.15, 0.2) is 0 Å². The van der Waals surface area contributed by atoms with Gasteiger partial charge in [-0.25, -0.2) is 9.37 Å². The molecule has 0 radical (unpaired) electrons. The second-order valence-electron chi connectivity index (χ2n) is 6.09. The van der Waals surface area contributed by atoms with Crippen LogP contribution in [0, 0.1) is 17.7 Å². The SMILES string of the molecule is O=C(c1ccc(F)c(C#Cc2ccccn2)c1)N1Cc2ccccc2C1. The summed E-state index contributed by atoms with van der Waals surface area (Å²) >= 11 is 0. The molecule has 4 heteroatoms. The van der Waals surface area contributed by atoms with E-state index >= 15 is 0 Å². The van der Waals surface area contributed by atoms with Crippen LogP contribution in [0.4, 0.5) is 4.39 Å². The molecule has 1 aliphatic rings. The fourth-order valence-electron chi connectivity index (χ4n) is 2.98. The Morgan fingerprint density at radius 2 is 1.69 bits per heavy atom. The number of aromatic nitrogens is 1. The topological polar surface area (TPSA) is 33.2 Å². The molecule has 1 aliphatic heterocycles. The highest BCUT2D eigenvalue weighted by Gasteiger charge is 2.24. The van der Waals surface area contributed by atoms with E-state index in [2.05, 4.69) is 16.8 Å². The fraction of sp³-hybridized carbons (Fsp3) is 0.0909. The fourth-order valence-corrected chi connectivity index (χ4v) is 2.98. The number of rotatable bonds is 1. The molecule has 0 bridgehead atoms. The molecule has 0 spiro atoms. The number of nitrogens with zero attached hydrogens (tertiary/aromatic N) is 2. The summed E-state index contributed by atoms with van der Waals surface area (Å²) in [7, 11) is 0. The molecule has 0 saturated carbocycles. The van der Waals surface area contributed by atoms with Gasteiger partial charge in [0.1, 0.15) is 11.5 Å². The number of hydrogen-bond acceptors (Lipinski definition) is 2. The van der Waals surface area contributed by atoms with Crippen molar-refractivity contribution < 1.29 is 9.18 Å². The lowest BCUT2D eigenvalue weighted by Crippen LogP contribution is -2.25. The molecule has 0 fully saturated rings. The summed E-state index contributed by atoms with van der Waals surface area (Å²) in [5.41, 5.74) is 3.48. The molecule has 0 aliphatic carbocycles. The van der Waals surface area contributed by atoms with Gasteiger partial charge in [0.05, 0.1) is 5.56 Å². The minimum Gasteiger partial charge on any atom is -0.330 e. The van der Waals surface area contributed by atoms with E-state index < -0.39 is 5.82 Å². The van der Waals surface area contributed by atoms with Crippen LogP contribution in [0.5, 0.6) is 0 Å². The van der Waals surface area contributed by atoms with Gasteiger partial charge in [-0.3, -0.25) is 4.79 Å². The van der Waals surface area contributed by atoms with Crippen LogP contribution < -0.4 is 0 Å². The molecule has 3 aromatic rings. The standard InChI is InChI=1S/C22H15FN2O/c23-21-11-9-17(13-16(21)8-10-20-7-3-4-12-24-20)22(26)25-14-18-5-1-2-6-19(18)15-25/h1-7,9,11-13H,14-15H2. The molecule has 26 heavy (non-hydrogen) atoms. The van der Waals surface area contributed by atoms with Gasteiger partial charge in [0.2, 0.25) is 0 Å². The first-order valence-corrected chi connectivity index (χ1v) is 8.29. The molecule has 2 aromatic carbocycles. The van der Waals surface area contributed by atoms with Crippen molar-refractivity contribution in [2.75, 3.05) is 0 Å². The van der Waals surface area contributed by atoms with Crippen molar-refractivity contribution in [1.29, 1.82) is 0 Å². The Balaban J connectivity index is 1.59. The van der Waals surface area contributed by atoms with Crippen molar-refractivity contribution in [3.63, 3.8) is 0 Å². The van der Waals surface area contributed by atoms with Crippen LogP contribution in [0.25, 0.3) is 0 Å². The Morgan fingerprint density at radius 3 is 2.38 bits per heavy atom. The summed E-state index contributed by atoms with van der Waals surface area (Å²) in [6.45, 7) is 1.14. The number of amides is 1. The van der Waals surface area contributed by atoms with E-state index in [9.17, 15) is 9.18 Å². The third-order valence-corrected chi connectivity index (χ3v) is 4.33. The summed E-state index contributed by atoms with van der Waals surface area (Å²) in [4.78, 5) is 18.6. The largest absolute Gasteiger partial charge is 0.330 e. The molecule has 126 valence electrons. The van der Waals surface area contributed by atoms with Gasteiger partial charge in [-0.1, -0.05) is 36.3 Å². The van der Waals surface area contributed by atoms with Gasteiger partial charge in [0.25, 0.3) is 5.91 Å². The van der Waals surface area contributed by atoms with Crippen molar-refractivity contribution in [3.8, 4) is 11.8 Å². The maximum atomic E-state index is 14.1. The highest BCUT2D eigenvalue weighted by Crippen LogP contribution is 2.24. The van der Waals surface area contributed by atoms with Crippen LogP contribution in [-0.2, 0) is 13.1 Å². The van der Waals surface area contributed by atoms with Gasteiger partial charge < -0.3 is 4.90 Å². The first kappa shape index (κ1) is 16.0. The Morgan fingerprint density at radius 1 is 0.962 bits per heavy atom. The summed E-state index contributed by atoms with van der Waals surface area (Å²) in [6.07, 6.45) is 1.63. The number of carbonyl (C=O) groups excluding carboxylic acids is 1. The van der Waals surface area contributed by atoms with Crippen LogP contribution in [0.1, 0.15) is 32.7 Å². The van der Waals surface area contributed by atoms with Gasteiger partial charge in [-0.2, -0.15) is 0 Å². The smallest absolute Gasteiger partial charge is 0.254 e. The highest BCUT2D eigenvalue weighted by atomic mass is 19.1. The quantitative estimate of drug-likeness (QED) is 0.631.